The number of hydrogen-bond acceptors (Lipinski definition) is 5. The molecule has 0 aromatic carbocycles. The van der Waals surface area contributed by atoms with Crippen molar-refractivity contribution >= 4 is 0 Å². The molecule has 5 nitrogen and oxygen atoms in total. The standard InChI is InChI=1S/C12H3F19O5/c1-2(13)32-6(19,20)3(7(21,22)33-2)8(23,24)35-12(31,36-9(3,25)26)11(29,30)34-10(27,28)4(14,15)5(16,17)18/h1H3. The van der Waals surface area contributed by atoms with E-state index in [4.69, 9.17) is 0 Å². The Balaban J connectivity index is 2.66. The summed E-state index contributed by atoms with van der Waals surface area (Å²) < 4.78 is 266. The number of halogens is 19. The molecule has 2 aliphatic heterocycles. The minimum absolute atomic E-state index is 0.577. The van der Waals surface area contributed by atoms with Crippen LogP contribution in [0.5, 0.6) is 0 Å². The molecule has 1 spiro atoms. The maximum Gasteiger partial charge on any atom is 0.462 e. The second-order valence-corrected chi connectivity index (χ2v) is 6.80. The molecule has 0 aromatic rings. The molecule has 0 radical (unpaired) electrons. The second-order valence-electron chi connectivity index (χ2n) is 6.80. The highest BCUT2D eigenvalue weighted by Gasteiger charge is 3.01. The molecule has 0 amide bonds. The molecule has 214 valence electrons. The molecule has 2 fully saturated rings. The summed E-state index contributed by atoms with van der Waals surface area (Å²) in [7, 11) is 0. The van der Waals surface area contributed by atoms with E-state index in [1.165, 1.54) is 4.74 Å². The van der Waals surface area contributed by atoms with E-state index in [0.29, 0.717) is 0 Å². The van der Waals surface area contributed by atoms with E-state index in [9.17, 15) is 83.4 Å². The first-order valence-corrected chi connectivity index (χ1v) is 7.88. The van der Waals surface area contributed by atoms with Gasteiger partial charge in [-0.2, -0.15) is 83.4 Å². The average molecular weight is 588 g/mol. The molecule has 0 aliphatic carbocycles. The first-order valence-electron chi connectivity index (χ1n) is 7.88. The predicted octanol–water partition coefficient (Wildman–Crippen LogP) is 6.10. The van der Waals surface area contributed by atoms with Gasteiger partial charge in [0.25, 0.3) is 0 Å². The SMILES string of the molecule is CC1(F)OC(F)(F)C2(C(F)(F)O1)C(F)(F)OC(F)(C(F)(F)OC(F)(F)C(F)(F)C(F)(F)F)OC2(F)F. The van der Waals surface area contributed by atoms with Crippen molar-refractivity contribution in [2.24, 2.45) is 5.41 Å². The molecule has 0 unspecified atom stereocenters. The lowest BCUT2D eigenvalue weighted by molar-refractivity contribution is -0.702. The fourth-order valence-electron chi connectivity index (χ4n) is 2.72. The van der Waals surface area contributed by atoms with Crippen molar-refractivity contribution in [3.63, 3.8) is 0 Å². The van der Waals surface area contributed by atoms with Crippen molar-refractivity contribution in [1.29, 1.82) is 0 Å². The highest BCUT2D eigenvalue weighted by atomic mass is 19.4. The number of alkyl halides is 19. The van der Waals surface area contributed by atoms with Crippen molar-refractivity contribution in [3.8, 4) is 0 Å². The topological polar surface area (TPSA) is 46.2 Å². The van der Waals surface area contributed by atoms with E-state index in [2.05, 4.69) is 9.47 Å². The van der Waals surface area contributed by atoms with Crippen molar-refractivity contribution < 1.29 is 107 Å². The molecule has 24 heteroatoms. The molecule has 2 rings (SSSR count). The summed E-state index contributed by atoms with van der Waals surface area (Å²) in [6.45, 7) is -0.577. The third-order valence-electron chi connectivity index (χ3n) is 4.21. The third kappa shape index (κ3) is 3.84. The minimum Gasteiger partial charge on any atom is -0.258 e. The van der Waals surface area contributed by atoms with Crippen LogP contribution >= 0.6 is 0 Å². The van der Waals surface area contributed by atoms with Crippen LogP contribution in [0.1, 0.15) is 6.92 Å². The Bertz CT molecular complexity index is 839. The normalized spacial score (nSPS) is 36.7. The molecule has 0 atom stereocenters. The summed E-state index contributed by atoms with van der Waals surface area (Å²) in [6, 6.07) is -12.3. The summed E-state index contributed by atoms with van der Waals surface area (Å²) in [5, 5.41) is 0. The van der Waals surface area contributed by atoms with Gasteiger partial charge in [0.05, 0.1) is 0 Å². The van der Waals surface area contributed by atoms with Crippen molar-refractivity contribution in [2.75, 3.05) is 0 Å². The zero-order valence-electron chi connectivity index (χ0n) is 15.7. The summed E-state index contributed by atoms with van der Waals surface area (Å²) in [5.41, 5.74) is -7.34. The lowest BCUT2D eigenvalue weighted by Gasteiger charge is -2.57. The first kappa shape index (κ1) is 30.7. The molecule has 0 saturated carbocycles. The highest BCUT2D eigenvalue weighted by Crippen LogP contribution is 2.73. The van der Waals surface area contributed by atoms with E-state index < -0.39 is 73.2 Å². The largest absolute Gasteiger partial charge is 0.462 e. The molecule has 0 aromatic heterocycles. The van der Waals surface area contributed by atoms with Crippen molar-refractivity contribution in [1.82, 2.24) is 0 Å². The Kier molecular flexibility index (Phi) is 6.23. The Morgan fingerprint density at radius 2 is 0.833 bits per heavy atom. The van der Waals surface area contributed by atoms with Crippen LogP contribution in [0.2, 0.25) is 0 Å². The van der Waals surface area contributed by atoms with Gasteiger partial charge in [0.1, 0.15) is 0 Å². The third-order valence-corrected chi connectivity index (χ3v) is 4.21. The fourth-order valence-corrected chi connectivity index (χ4v) is 2.72. The van der Waals surface area contributed by atoms with Crippen LogP contribution in [0.25, 0.3) is 0 Å². The molecule has 0 N–H and O–H groups in total. The van der Waals surface area contributed by atoms with E-state index in [1.807, 2.05) is 9.47 Å². The van der Waals surface area contributed by atoms with E-state index in [-0.39, 0.29) is 0 Å². The van der Waals surface area contributed by atoms with Gasteiger partial charge in [-0.3, -0.25) is 18.9 Å². The highest BCUT2D eigenvalue weighted by molar-refractivity contribution is 5.11. The number of rotatable bonds is 4. The Hall–Kier alpha value is -1.53. The number of hydrogen-bond donors (Lipinski definition) is 0. The zero-order chi connectivity index (χ0) is 29.0. The zero-order valence-corrected chi connectivity index (χ0v) is 15.7. The van der Waals surface area contributed by atoms with Crippen LogP contribution in [0.15, 0.2) is 0 Å². The quantitative estimate of drug-likeness (QED) is 0.372. The van der Waals surface area contributed by atoms with Gasteiger partial charge in [-0.1, -0.05) is 0 Å². The van der Waals surface area contributed by atoms with Gasteiger partial charge in [-0.05, 0) is 0 Å². The van der Waals surface area contributed by atoms with Crippen LogP contribution < -0.4 is 0 Å². The molecule has 0 bridgehead atoms. The molecular formula is C12H3F19O5. The van der Waals surface area contributed by atoms with Gasteiger partial charge in [-0.25, -0.2) is 4.74 Å². The fraction of sp³-hybridized carbons (Fsp3) is 1.00. The van der Waals surface area contributed by atoms with Crippen molar-refractivity contribution in [2.45, 2.75) is 67.8 Å². The second kappa shape index (κ2) is 7.31. The summed E-state index contributed by atoms with van der Waals surface area (Å²) in [5.74, 6) is -7.77. The van der Waals surface area contributed by atoms with Crippen molar-refractivity contribution in [3.05, 3.63) is 0 Å². The maximum absolute atomic E-state index is 14.2. The maximum atomic E-state index is 14.2. The van der Waals surface area contributed by atoms with Crippen LogP contribution in [0.3, 0.4) is 0 Å². The van der Waals surface area contributed by atoms with Gasteiger partial charge in [-0.15, -0.1) is 0 Å². The Morgan fingerprint density at radius 1 is 0.528 bits per heavy atom. The first-order chi connectivity index (χ1) is 15.3. The van der Waals surface area contributed by atoms with E-state index >= 15 is 0 Å². The Morgan fingerprint density at radius 3 is 1.14 bits per heavy atom. The molecular weight excluding hydrogens is 585 g/mol. The number of ether oxygens (including phenoxy) is 5. The molecule has 2 heterocycles. The predicted molar refractivity (Wildman–Crippen MR) is 61.9 cm³/mol. The van der Waals surface area contributed by atoms with E-state index in [1.54, 1.807) is 0 Å². The van der Waals surface area contributed by atoms with Crippen LogP contribution in [0, 0.1) is 5.41 Å². The molecule has 36 heavy (non-hydrogen) atoms. The van der Waals surface area contributed by atoms with Gasteiger partial charge in [0, 0.05) is 6.92 Å². The lowest BCUT2D eigenvalue weighted by Crippen LogP contribution is -2.83. The summed E-state index contributed by atoms with van der Waals surface area (Å²) in [6.07, 6.45) is -52.4. The van der Waals surface area contributed by atoms with Gasteiger partial charge in [0.2, 0.25) is 0 Å². The monoisotopic (exact) mass is 588 g/mol. The average Bonchev–Trinajstić information content (AvgIpc) is 2.44. The van der Waals surface area contributed by atoms with Crippen LogP contribution in [0.4, 0.5) is 83.4 Å². The van der Waals surface area contributed by atoms with Gasteiger partial charge < -0.3 is 0 Å². The summed E-state index contributed by atoms with van der Waals surface area (Å²) >= 11 is 0. The van der Waals surface area contributed by atoms with Gasteiger partial charge >= 0.3 is 66.2 Å². The Labute approximate surface area is 181 Å². The molecule has 2 saturated heterocycles. The van der Waals surface area contributed by atoms with Crippen LogP contribution in [-0.2, 0) is 23.7 Å². The smallest absolute Gasteiger partial charge is 0.258 e. The molecule has 2 aliphatic rings. The van der Waals surface area contributed by atoms with Crippen LogP contribution in [-0.4, -0.2) is 60.8 Å². The van der Waals surface area contributed by atoms with Gasteiger partial charge in [0.15, 0.2) is 0 Å². The minimum atomic E-state index is -7.77. The summed E-state index contributed by atoms with van der Waals surface area (Å²) in [4.78, 5) is 0. The lowest BCUT2D eigenvalue weighted by atomic mass is 9.79. The van der Waals surface area contributed by atoms with E-state index in [0.717, 1.165) is 0 Å².